The molecular weight excluding hydrogens is 324 g/mol. The molecule has 0 spiro atoms. The van der Waals surface area contributed by atoms with Crippen LogP contribution in [0.4, 0.5) is 5.88 Å². The highest BCUT2D eigenvalue weighted by Gasteiger charge is 2.12. The van der Waals surface area contributed by atoms with Gasteiger partial charge in [-0.25, -0.2) is 4.79 Å². The van der Waals surface area contributed by atoms with Gasteiger partial charge in [0.25, 0.3) is 5.91 Å². The SMILES string of the molecule is Cc1cc(NC(=O)COC(=O)c2ccc(Cn3cccn3)cc2)on1. The number of hydrogen-bond acceptors (Lipinski definition) is 6. The predicted molar refractivity (Wildman–Crippen MR) is 87.9 cm³/mol. The Balaban J connectivity index is 1.50. The molecular formula is C17H16N4O4. The molecule has 0 fully saturated rings. The number of aromatic nitrogens is 3. The first-order chi connectivity index (χ1) is 12.1. The smallest absolute Gasteiger partial charge is 0.338 e. The molecule has 1 amide bonds. The molecule has 2 aromatic heterocycles. The lowest BCUT2D eigenvalue weighted by Gasteiger charge is -2.06. The summed E-state index contributed by atoms with van der Waals surface area (Å²) in [6.45, 7) is 1.93. The number of nitrogens with one attached hydrogen (secondary N) is 1. The zero-order chi connectivity index (χ0) is 17.6. The van der Waals surface area contributed by atoms with E-state index >= 15 is 0 Å². The number of hydrogen-bond donors (Lipinski definition) is 1. The van der Waals surface area contributed by atoms with Crippen LogP contribution in [0.2, 0.25) is 0 Å². The van der Waals surface area contributed by atoms with Gasteiger partial charge < -0.3 is 9.26 Å². The fourth-order valence-corrected chi connectivity index (χ4v) is 2.14. The van der Waals surface area contributed by atoms with Crippen molar-refractivity contribution in [3.05, 3.63) is 65.6 Å². The number of carbonyl (C=O) groups excluding carboxylic acids is 2. The lowest BCUT2D eigenvalue weighted by molar-refractivity contribution is -0.119. The van der Waals surface area contributed by atoms with Gasteiger partial charge in [-0.2, -0.15) is 5.10 Å². The monoisotopic (exact) mass is 340 g/mol. The average Bonchev–Trinajstić information content (AvgIpc) is 3.25. The van der Waals surface area contributed by atoms with Crippen molar-refractivity contribution in [2.45, 2.75) is 13.5 Å². The van der Waals surface area contributed by atoms with Crippen molar-refractivity contribution in [2.24, 2.45) is 0 Å². The summed E-state index contributed by atoms with van der Waals surface area (Å²) in [5.41, 5.74) is 2.01. The largest absolute Gasteiger partial charge is 0.452 e. The zero-order valence-electron chi connectivity index (χ0n) is 13.5. The van der Waals surface area contributed by atoms with Crippen LogP contribution in [0.1, 0.15) is 21.6 Å². The molecule has 0 radical (unpaired) electrons. The fraction of sp³-hybridized carbons (Fsp3) is 0.176. The van der Waals surface area contributed by atoms with Gasteiger partial charge in [-0.15, -0.1) is 0 Å². The first kappa shape index (κ1) is 16.4. The van der Waals surface area contributed by atoms with E-state index in [0.29, 0.717) is 17.8 Å². The summed E-state index contributed by atoms with van der Waals surface area (Å²) >= 11 is 0. The van der Waals surface area contributed by atoms with Gasteiger partial charge in [0.05, 0.1) is 17.8 Å². The standard InChI is InChI=1S/C17H16N4O4/c1-12-9-16(25-20-12)19-15(22)11-24-17(23)14-5-3-13(4-6-14)10-21-8-2-7-18-21/h2-9H,10-11H2,1H3,(H,19,22). The third-order valence-corrected chi connectivity index (χ3v) is 3.32. The van der Waals surface area contributed by atoms with Gasteiger partial charge in [-0.3, -0.25) is 14.8 Å². The van der Waals surface area contributed by atoms with Gasteiger partial charge in [-0.05, 0) is 30.7 Å². The van der Waals surface area contributed by atoms with Crippen LogP contribution in [0.25, 0.3) is 0 Å². The molecule has 25 heavy (non-hydrogen) atoms. The molecule has 0 saturated carbocycles. The Morgan fingerprint density at radius 1 is 1.28 bits per heavy atom. The van der Waals surface area contributed by atoms with Crippen molar-refractivity contribution in [3.8, 4) is 0 Å². The first-order valence-electron chi connectivity index (χ1n) is 7.57. The number of rotatable bonds is 6. The summed E-state index contributed by atoms with van der Waals surface area (Å²) in [6.07, 6.45) is 3.56. The predicted octanol–water partition coefficient (Wildman–Crippen LogP) is 2.02. The molecule has 128 valence electrons. The Kier molecular flexibility index (Phi) is 4.89. The van der Waals surface area contributed by atoms with Gasteiger partial charge in [0.15, 0.2) is 6.61 Å². The van der Waals surface area contributed by atoms with Gasteiger partial charge in [0.1, 0.15) is 0 Å². The molecule has 1 N–H and O–H groups in total. The van der Waals surface area contributed by atoms with Crippen LogP contribution >= 0.6 is 0 Å². The number of aryl methyl sites for hydroxylation is 1. The van der Waals surface area contributed by atoms with E-state index in [2.05, 4.69) is 15.6 Å². The molecule has 2 heterocycles. The number of ether oxygens (including phenoxy) is 1. The summed E-state index contributed by atoms with van der Waals surface area (Å²) in [5, 5.41) is 10.2. The molecule has 0 aliphatic heterocycles. The van der Waals surface area contributed by atoms with Crippen LogP contribution in [-0.4, -0.2) is 33.4 Å². The van der Waals surface area contributed by atoms with Crippen molar-refractivity contribution in [1.29, 1.82) is 0 Å². The number of carbonyl (C=O) groups is 2. The summed E-state index contributed by atoms with van der Waals surface area (Å²) in [7, 11) is 0. The Hall–Kier alpha value is -3.42. The number of esters is 1. The quantitative estimate of drug-likeness (QED) is 0.689. The minimum atomic E-state index is -0.575. The van der Waals surface area contributed by atoms with E-state index in [0.717, 1.165) is 5.56 Å². The molecule has 8 heteroatoms. The number of nitrogens with zero attached hydrogens (tertiary/aromatic N) is 3. The van der Waals surface area contributed by atoms with Crippen LogP contribution in [-0.2, 0) is 16.1 Å². The molecule has 3 aromatic rings. The van der Waals surface area contributed by atoms with Gasteiger partial charge >= 0.3 is 5.97 Å². The molecule has 8 nitrogen and oxygen atoms in total. The van der Waals surface area contributed by atoms with Gasteiger partial charge in [0.2, 0.25) is 5.88 Å². The third-order valence-electron chi connectivity index (χ3n) is 3.32. The molecule has 0 atom stereocenters. The lowest BCUT2D eigenvalue weighted by Crippen LogP contribution is -2.20. The van der Waals surface area contributed by atoms with Crippen molar-refractivity contribution >= 4 is 17.8 Å². The highest BCUT2D eigenvalue weighted by molar-refractivity contribution is 5.94. The highest BCUT2D eigenvalue weighted by Crippen LogP contribution is 2.09. The Morgan fingerprint density at radius 2 is 2.08 bits per heavy atom. The van der Waals surface area contributed by atoms with Crippen LogP contribution < -0.4 is 5.32 Å². The fourth-order valence-electron chi connectivity index (χ4n) is 2.14. The average molecular weight is 340 g/mol. The molecule has 0 bridgehead atoms. The van der Waals surface area contributed by atoms with Crippen LogP contribution in [0.3, 0.4) is 0 Å². The van der Waals surface area contributed by atoms with Crippen LogP contribution in [0, 0.1) is 6.92 Å². The summed E-state index contributed by atoms with van der Waals surface area (Å²) in [4.78, 5) is 23.7. The lowest BCUT2D eigenvalue weighted by atomic mass is 10.1. The minimum Gasteiger partial charge on any atom is -0.452 e. The Morgan fingerprint density at radius 3 is 2.72 bits per heavy atom. The van der Waals surface area contributed by atoms with Gasteiger partial charge in [-0.1, -0.05) is 17.3 Å². The second-order valence-corrected chi connectivity index (χ2v) is 5.36. The van der Waals surface area contributed by atoms with E-state index in [1.165, 1.54) is 0 Å². The van der Waals surface area contributed by atoms with E-state index in [4.69, 9.17) is 9.26 Å². The molecule has 3 rings (SSSR count). The maximum atomic E-state index is 12.0. The van der Waals surface area contributed by atoms with E-state index in [-0.39, 0.29) is 5.88 Å². The van der Waals surface area contributed by atoms with Gasteiger partial charge in [0, 0.05) is 18.5 Å². The minimum absolute atomic E-state index is 0.210. The summed E-state index contributed by atoms with van der Waals surface area (Å²) < 4.78 is 11.6. The second-order valence-electron chi connectivity index (χ2n) is 5.36. The van der Waals surface area contributed by atoms with Crippen molar-refractivity contribution < 1.29 is 18.8 Å². The third kappa shape index (κ3) is 4.54. The van der Waals surface area contributed by atoms with E-state index in [1.807, 2.05) is 24.4 Å². The maximum absolute atomic E-state index is 12.0. The summed E-state index contributed by atoms with van der Waals surface area (Å²) in [6, 6.07) is 10.3. The van der Waals surface area contributed by atoms with E-state index in [9.17, 15) is 9.59 Å². The second kappa shape index (κ2) is 7.43. The first-order valence-corrected chi connectivity index (χ1v) is 7.57. The topological polar surface area (TPSA) is 99.2 Å². The zero-order valence-corrected chi connectivity index (χ0v) is 13.5. The van der Waals surface area contributed by atoms with E-state index in [1.54, 1.807) is 36.0 Å². The summed E-state index contributed by atoms with van der Waals surface area (Å²) in [5.74, 6) is -0.865. The van der Waals surface area contributed by atoms with Crippen LogP contribution in [0.5, 0.6) is 0 Å². The molecule has 0 saturated heterocycles. The number of anilines is 1. The molecule has 0 unspecified atom stereocenters. The Labute approximate surface area is 143 Å². The maximum Gasteiger partial charge on any atom is 0.338 e. The Bertz CT molecular complexity index is 853. The van der Waals surface area contributed by atoms with Crippen molar-refractivity contribution in [3.63, 3.8) is 0 Å². The van der Waals surface area contributed by atoms with Crippen LogP contribution in [0.15, 0.2) is 53.3 Å². The van der Waals surface area contributed by atoms with Crippen molar-refractivity contribution in [1.82, 2.24) is 14.9 Å². The number of amides is 1. The molecule has 0 aliphatic carbocycles. The highest BCUT2D eigenvalue weighted by atomic mass is 16.5. The molecule has 0 aliphatic rings. The number of benzene rings is 1. The normalized spacial score (nSPS) is 10.4. The van der Waals surface area contributed by atoms with Crippen molar-refractivity contribution in [2.75, 3.05) is 11.9 Å². The van der Waals surface area contributed by atoms with E-state index < -0.39 is 18.5 Å². The molecule has 1 aromatic carbocycles.